The van der Waals surface area contributed by atoms with E-state index in [0.717, 1.165) is 30.7 Å². The summed E-state index contributed by atoms with van der Waals surface area (Å²) in [5.74, 6) is 0.0906. The van der Waals surface area contributed by atoms with Gasteiger partial charge in [0.2, 0.25) is 5.91 Å². The first-order valence-electron chi connectivity index (χ1n) is 5.60. The average Bonchev–Trinajstić information content (AvgIpc) is 2.74. The van der Waals surface area contributed by atoms with Gasteiger partial charge in [-0.05, 0) is 22.0 Å². The van der Waals surface area contributed by atoms with Gasteiger partial charge in [-0.1, -0.05) is 0 Å². The third-order valence-corrected chi connectivity index (χ3v) is 4.57. The number of hydrogen-bond donors (Lipinski definition) is 2. The summed E-state index contributed by atoms with van der Waals surface area (Å²) < 4.78 is 1.11. The molecule has 1 aromatic rings. The Kier molecular flexibility index (Phi) is 4.55. The topological polar surface area (TPSA) is 44.4 Å². The van der Waals surface area contributed by atoms with Crippen LogP contribution in [-0.2, 0) is 11.3 Å². The fourth-order valence-corrected chi connectivity index (χ4v) is 3.47. The van der Waals surface area contributed by atoms with Gasteiger partial charge in [0.15, 0.2) is 0 Å². The van der Waals surface area contributed by atoms with E-state index in [4.69, 9.17) is 0 Å². The number of amides is 1. The summed E-state index contributed by atoms with van der Waals surface area (Å²) in [6.45, 7) is 3.43. The normalized spacial score (nSPS) is 21.4. The van der Waals surface area contributed by atoms with Crippen molar-refractivity contribution in [1.82, 2.24) is 15.5 Å². The molecule has 0 aromatic carbocycles. The Hall–Kier alpha value is -0.430. The van der Waals surface area contributed by atoms with Gasteiger partial charge >= 0.3 is 0 Å². The maximum atomic E-state index is 11.8. The number of carbonyl (C=O) groups excluding carboxylic acids is 1. The standard InChI is InChI=1S/C11H16BrN3OS/c1-13-11(16)10-5-14-2-3-15(10)6-9-4-8(12)7-17-9/h4,7,10,14H,2-3,5-6H2,1H3,(H,13,16). The van der Waals surface area contributed by atoms with E-state index < -0.39 is 0 Å². The number of nitrogens with one attached hydrogen (secondary N) is 2. The quantitative estimate of drug-likeness (QED) is 0.875. The summed E-state index contributed by atoms with van der Waals surface area (Å²) in [7, 11) is 1.69. The Morgan fingerprint density at radius 3 is 3.24 bits per heavy atom. The van der Waals surface area contributed by atoms with Crippen molar-refractivity contribution in [2.45, 2.75) is 12.6 Å². The lowest BCUT2D eigenvalue weighted by Gasteiger charge is -2.34. The van der Waals surface area contributed by atoms with E-state index in [1.54, 1.807) is 18.4 Å². The van der Waals surface area contributed by atoms with E-state index in [0.29, 0.717) is 0 Å². The second-order valence-electron chi connectivity index (χ2n) is 4.04. The van der Waals surface area contributed by atoms with Crippen molar-refractivity contribution < 1.29 is 4.79 Å². The molecule has 1 aromatic heterocycles. The summed E-state index contributed by atoms with van der Waals surface area (Å²) in [4.78, 5) is 15.3. The van der Waals surface area contributed by atoms with Crippen LogP contribution in [-0.4, -0.2) is 43.5 Å². The highest BCUT2D eigenvalue weighted by Crippen LogP contribution is 2.22. The van der Waals surface area contributed by atoms with Crippen LogP contribution < -0.4 is 10.6 Å². The van der Waals surface area contributed by atoms with Gasteiger partial charge in [0.05, 0.1) is 0 Å². The largest absolute Gasteiger partial charge is 0.358 e. The number of piperazine rings is 1. The van der Waals surface area contributed by atoms with Crippen LogP contribution in [0.5, 0.6) is 0 Å². The van der Waals surface area contributed by atoms with Crippen LogP contribution in [0.2, 0.25) is 0 Å². The number of nitrogens with zero attached hydrogens (tertiary/aromatic N) is 1. The fourth-order valence-electron chi connectivity index (χ4n) is 2.00. The number of carbonyl (C=O) groups is 1. The zero-order valence-corrected chi connectivity index (χ0v) is 12.1. The Morgan fingerprint density at radius 2 is 2.59 bits per heavy atom. The summed E-state index contributed by atoms with van der Waals surface area (Å²) in [5.41, 5.74) is 0. The van der Waals surface area contributed by atoms with E-state index in [2.05, 4.69) is 42.9 Å². The molecule has 1 atom stereocenters. The molecule has 6 heteroatoms. The predicted molar refractivity (Wildman–Crippen MR) is 73.2 cm³/mol. The Morgan fingerprint density at radius 1 is 1.76 bits per heavy atom. The van der Waals surface area contributed by atoms with Crippen LogP contribution in [0.15, 0.2) is 15.9 Å². The van der Waals surface area contributed by atoms with Crippen LogP contribution in [0.1, 0.15) is 4.88 Å². The van der Waals surface area contributed by atoms with Gasteiger partial charge in [-0.25, -0.2) is 0 Å². The second kappa shape index (κ2) is 5.95. The lowest BCUT2D eigenvalue weighted by atomic mass is 10.1. The molecule has 2 heterocycles. The highest BCUT2D eigenvalue weighted by atomic mass is 79.9. The summed E-state index contributed by atoms with van der Waals surface area (Å²) in [5, 5.41) is 8.07. The number of thiophene rings is 1. The Bertz CT molecular complexity index is 396. The highest BCUT2D eigenvalue weighted by molar-refractivity contribution is 9.10. The van der Waals surface area contributed by atoms with Crippen molar-refractivity contribution in [3.05, 3.63) is 20.8 Å². The fraction of sp³-hybridized carbons (Fsp3) is 0.545. The minimum absolute atomic E-state index is 0.0605. The van der Waals surface area contributed by atoms with Gasteiger partial charge in [0, 0.05) is 48.0 Å². The third kappa shape index (κ3) is 3.28. The first kappa shape index (κ1) is 13.0. The lowest BCUT2D eigenvalue weighted by Crippen LogP contribution is -2.56. The van der Waals surface area contributed by atoms with Crippen LogP contribution in [0.3, 0.4) is 0 Å². The monoisotopic (exact) mass is 317 g/mol. The minimum atomic E-state index is -0.0605. The maximum absolute atomic E-state index is 11.8. The smallest absolute Gasteiger partial charge is 0.238 e. The molecular formula is C11H16BrN3OS. The molecule has 0 saturated carbocycles. The molecule has 1 saturated heterocycles. The first-order valence-corrected chi connectivity index (χ1v) is 7.27. The van der Waals surface area contributed by atoms with Crippen molar-refractivity contribution >= 4 is 33.2 Å². The molecule has 1 aliphatic rings. The van der Waals surface area contributed by atoms with Gasteiger partial charge in [-0.15, -0.1) is 11.3 Å². The van der Waals surface area contributed by atoms with E-state index in [1.807, 2.05) is 0 Å². The SMILES string of the molecule is CNC(=O)C1CNCCN1Cc1cc(Br)cs1. The van der Waals surface area contributed by atoms with Crippen LogP contribution >= 0.6 is 27.3 Å². The van der Waals surface area contributed by atoms with E-state index in [1.165, 1.54) is 4.88 Å². The Labute approximate surface area is 114 Å². The zero-order chi connectivity index (χ0) is 12.3. The van der Waals surface area contributed by atoms with E-state index in [9.17, 15) is 4.79 Å². The van der Waals surface area contributed by atoms with Gasteiger partial charge in [-0.2, -0.15) is 0 Å². The van der Waals surface area contributed by atoms with Gasteiger partial charge in [-0.3, -0.25) is 9.69 Å². The van der Waals surface area contributed by atoms with Crippen molar-refractivity contribution in [2.75, 3.05) is 26.7 Å². The van der Waals surface area contributed by atoms with Crippen LogP contribution in [0.4, 0.5) is 0 Å². The molecule has 0 radical (unpaired) electrons. The average molecular weight is 318 g/mol. The van der Waals surface area contributed by atoms with Crippen LogP contribution in [0.25, 0.3) is 0 Å². The molecule has 17 heavy (non-hydrogen) atoms. The molecule has 0 spiro atoms. The zero-order valence-electron chi connectivity index (χ0n) is 9.70. The van der Waals surface area contributed by atoms with Crippen molar-refractivity contribution in [2.24, 2.45) is 0 Å². The third-order valence-electron chi connectivity index (χ3n) is 2.88. The Balaban J connectivity index is 2.03. The van der Waals surface area contributed by atoms with Crippen LogP contribution in [0, 0.1) is 0 Å². The molecule has 1 fully saturated rings. The number of hydrogen-bond acceptors (Lipinski definition) is 4. The molecule has 1 aliphatic heterocycles. The van der Waals surface area contributed by atoms with Gasteiger partial charge < -0.3 is 10.6 Å². The summed E-state index contributed by atoms with van der Waals surface area (Å²) in [6, 6.07) is 2.06. The first-order chi connectivity index (χ1) is 8.20. The number of halogens is 1. The molecule has 2 rings (SSSR count). The van der Waals surface area contributed by atoms with Gasteiger partial charge in [0.25, 0.3) is 0 Å². The van der Waals surface area contributed by atoms with E-state index >= 15 is 0 Å². The summed E-state index contributed by atoms with van der Waals surface area (Å²) >= 11 is 5.18. The molecule has 2 N–H and O–H groups in total. The molecule has 1 amide bonds. The van der Waals surface area contributed by atoms with Gasteiger partial charge in [0.1, 0.15) is 6.04 Å². The molecule has 1 unspecified atom stereocenters. The molecule has 94 valence electrons. The molecule has 0 bridgehead atoms. The molecule has 0 aliphatic carbocycles. The van der Waals surface area contributed by atoms with Crippen molar-refractivity contribution in [3.8, 4) is 0 Å². The molecule has 4 nitrogen and oxygen atoms in total. The second-order valence-corrected chi connectivity index (χ2v) is 5.95. The number of rotatable bonds is 3. The minimum Gasteiger partial charge on any atom is -0.358 e. The molecular weight excluding hydrogens is 302 g/mol. The predicted octanol–water partition coefficient (Wildman–Crippen LogP) is 1.03. The number of likely N-dealkylation sites (N-methyl/N-ethyl adjacent to an activating group) is 1. The van der Waals surface area contributed by atoms with Crippen molar-refractivity contribution in [1.29, 1.82) is 0 Å². The maximum Gasteiger partial charge on any atom is 0.238 e. The summed E-state index contributed by atoms with van der Waals surface area (Å²) in [6.07, 6.45) is 0. The van der Waals surface area contributed by atoms with E-state index in [-0.39, 0.29) is 11.9 Å². The lowest BCUT2D eigenvalue weighted by molar-refractivity contribution is -0.126. The van der Waals surface area contributed by atoms with Crippen molar-refractivity contribution in [3.63, 3.8) is 0 Å². The highest BCUT2D eigenvalue weighted by Gasteiger charge is 2.27.